The minimum Gasteiger partial charge on any atom is -0.478 e. The highest BCUT2D eigenvalue weighted by Gasteiger charge is 2.29. The standard InChI is InChI=1S/C19H16O6/c1-2-12(10-11-6-4-3-5-7-11)15-13(17(20)21)8-9-14(18(22)23)16(15)19(24)25/h2-9,12H,1,10H2,(H,20,21)(H,22,23)(H,24,25). The van der Waals surface area contributed by atoms with E-state index in [0.29, 0.717) is 6.42 Å². The molecular weight excluding hydrogens is 324 g/mol. The second-order valence-electron chi connectivity index (χ2n) is 5.40. The van der Waals surface area contributed by atoms with Crippen LogP contribution < -0.4 is 0 Å². The van der Waals surface area contributed by atoms with Gasteiger partial charge in [-0.1, -0.05) is 36.4 Å². The third-order valence-electron chi connectivity index (χ3n) is 3.87. The monoisotopic (exact) mass is 340 g/mol. The van der Waals surface area contributed by atoms with E-state index in [2.05, 4.69) is 6.58 Å². The highest BCUT2D eigenvalue weighted by atomic mass is 16.4. The van der Waals surface area contributed by atoms with Gasteiger partial charge in [0.15, 0.2) is 0 Å². The lowest BCUT2D eigenvalue weighted by Crippen LogP contribution is -2.18. The van der Waals surface area contributed by atoms with E-state index < -0.39 is 35.0 Å². The summed E-state index contributed by atoms with van der Waals surface area (Å²) in [5, 5.41) is 28.2. The summed E-state index contributed by atoms with van der Waals surface area (Å²) in [4.78, 5) is 34.7. The van der Waals surface area contributed by atoms with E-state index in [1.54, 1.807) is 12.1 Å². The molecule has 25 heavy (non-hydrogen) atoms. The second kappa shape index (κ2) is 7.44. The van der Waals surface area contributed by atoms with Gasteiger partial charge in [0.05, 0.1) is 16.7 Å². The van der Waals surface area contributed by atoms with Gasteiger partial charge in [-0.15, -0.1) is 6.58 Å². The van der Waals surface area contributed by atoms with Gasteiger partial charge in [0, 0.05) is 5.92 Å². The van der Waals surface area contributed by atoms with Crippen LogP contribution in [0.2, 0.25) is 0 Å². The topological polar surface area (TPSA) is 112 Å². The molecule has 0 aliphatic heterocycles. The fourth-order valence-electron chi connectivity index (χ4n) is 2.77. The zero-order valence-corrected chi connectivity index (χ0v) is 13.2. The summed E-state index contributed by atoms with van der Waals surface area (Å²) in [6, 6.07) is 11.2. The molecule has 2 aromatic carbocycles. The molecule has 128 valence electrons. The molecule has 0 aromatic heterocycles. The van der Waals surface area contributed by atoms with Crippen LogP contribution in [0.4, 0.5) is 0 Å². The molecule has 0 aliphatic rings. The zero-order chi connectivity index (χ0) is 18.6. The molecule has 1 atom stereocenters. The van der Waals surface area contributed by atoms with E-state index >= 15 is 0 Å². The molecule has 2 aromatic rings. The maximum Gasteiger partial charge on any atom is 0.336 e. The van der Waals surface area contributed by atoms with Crippen LogP contribution in [0.15, 0.2) is 55.1 Å². The quantitative estimate of drug-likeness (QED) is 0.667. The minimum absolute atomic E-state index is 0.0567. The molecule has 0 amide bonds. The molecule has 0 heterocycles. The first-order chi connectivity index (χ1) is 11.9. The average Bonchev–Trinajstić information content (AvgIpc) is 2.59. The minimum atomic E-state index is -1.49. The molecule has 1 unspecified atom stereocenters. The molecule has 0 saturated heterocycles. The zero-order valence-electron chi connectivity index (χ0n) is 13.2. The van der Waals surface area contributed by atoms with Crippen molar-refractivity contribution in [3.63, 3.8) is 0 Å². The highest BCUT2D eigenvalue weighted by Crippen LogP contribution is 2.31. The normalized spacial score (nSPS) is 11.5. The molecule has 0 fully saturated rings. The van der Waals surface area contributed by atoms with E-state index in [9.17, 15) is 29.7 Å². The Morgan fingerprint density at radius 1 is 0.880 bits per heavy atom. The molecule has 6 heteroatoms. The Morgan fingerprint density at radius 2 is 1.44 bits per heavy atom. The molecule has 0 spiro atoms. The van der Waals surface area contributed by atoms with Gasteiger partial charge < -0.3 is 15.3 Å². The number of hydrogen-bond acceptors (Lipinski definition) is 3. The first-order valence-corrected chi connectivity index (χ1v) is 7.40. The van der Waals surface area contributed by atoms with Crippen LogP contribution in [0.1, 0.15) is 48.1 Å². The van der Waals surface area contributed by atoms with Crippen LogP contribution >= 0.6 is 0 Å². The first kappa shape index (κ1) is 17.9. The van der Waals surface area contributed by atoms with E-state index in [1.165, 1.54) is 6.08 Å². The average molecular weight is 340 g/mol. The number of allylic oxidation sites excluding steroid dienone is 1. The first-order valence-electron chi connectivity index (χ1n) is 7.40. The fourth-order valence-corrected chi connectivity index (χ4v) is 2.77. The Labute approximate surface area is 143 Å². The highest BCUT2D eigenvalue weighted by molar-refractivity contribution is 6.06. The predicted molar refractivity (Wildman–Crippen MR) is 90.4 cm³/mol. The van der Waals surface area contributed by atoms with Crippen molar-refractivity contribution >= 4 is 17.9 Å². The Morgan fingerprint density at radius 3 is 1.92 bits per heavy atom. The molecule has 3 N–H and O–H groups in total. The summed E-state index contributed by atoms with van der Waals surface area (Å²) < 4.78 is 0. The molecular formula is C19H16O6. The van der Waals surface area contributed by atoms with Gasteiger partial charge in [-0.25, -0.2) is 14.4 Å². The molecule has 2 rings (SSSR count). The Hall–Kier alpha value is -3.41. The summed E-state index contributed by atoms with van der Waals surface area (Å²) in [7, 11) is 0. The molecule has 6 nitrogen and oxygen atoms in total. The number of rotatable bonds is 7. The van der Waals surface area contributed by atoms with Gasteiger partial charge in [-0.2, -0.15) is 0 Å². The summed E-state index contributed by atoms with van der Waals surface area (Å²) in [6.45, 7) is 3.68. The summed E-state index contributed by atoms with van der Waals surface area (Å²) in [6.07, 6.45) is 1.74. The lowest BCUT2D eigenvalue weighted by atomic mass is 9.83. The van der Waals surface area contributed by atoms with Gasteiger partial charge in [-0.05, 0) is 29.7 Å². The number of aromatic carboxylic acids is 3. The lowest BCUT2D eigenvalue weighted by molar-refractivity contribution is 0.0647. The van der Waals surface area contributed by atoms with Crippen LogP contribution in [-0.4, -0.2) is 33.2 Å². The molecule has 0 saturated carbocycles. The smallest absolute Gasteiger partial charge is 0.336 e. The van der Waals surface area contributed by atoms with Crippen molar-refractivity contribution in [3.05, 3.63) is 82.9 Å². The van der Waals surface area contributed by atoms with Crippen LogP contribution in [0.25, 0.3) is 0 Å². The van der Waals surface area contributed by atoms with Crippen molar-refractivity contribution in [3.8, 4) is 0 Å². The third-order valence-corrected chi connectivity index (χ3v) is 3.87. The van der Waals surface area contributed by atoms with Crippen molar-refractivity contribution in [1.29, 1.82) is 0 Å². The van der Waals surface area contributed by atoms with E-state index in [-0.39, 0.29) is 11.1 Å². The van der Waals surface area contributed by atoms with E-state index in [0.717, 1.165) is 17.7 Å². The molecule has 0 bridgehead atoms. The Balaban J connectivity index is 2.72. The summed E-state index contributed by atoms with van der Waals surface area (Å²) in [5.74, 6) is -4.92. The van der Waals surface area contributed by atoms with Gasteiger partial charge >= 0.3 is 17.9 Å². The SMILES string of the molecule is C=CC(Cc1ccccc1)c1c(C(=O)O)ccc(C(=O)O)c1C(=O)O. The van der Waals surface area contributed by atoms with Crippen molar-refractivity contribution < 1.29 is 29.7 Å². The largest absolute Gasteiger partial charge is 0.478 e. The van der Waals surface area contributed by atoms with Gasteiger partial charge in [-0.3, -0.25) is 0 Å². The Bertz CT molecular complexity index is 838. The van der Waals surface area contributed by atoms with Crippen LogP contribution in [-0.2, 0) is 6.42 Å². The van der Waals surface area contributed by atoms with E-state index in [1.807, 2.05) is 18.2 Å². The maximum atomic E-state index is 11.7. The summed E-state index contributed by atoms with van der Waals surface area (Å²) in [5.41, 5.74) is -0.427. The van der Waals surface area contributed by atoms with E-state index in [4.69, 9.17) is 0 Å². The lowest BCUT2D eigenvalue weighted by Gasteiger charge is -2.19. The number of hydrogen-bond donors (Lipinski definition) is 3. The number of carboxylic acid groups (broad SMARTS) is 3. The van der Waals surface area contributed by atoms with Crippen molar-refractivity contribution in [2.45, 2.75) is 12.3 Å². The van der Waals surface area contributed by atoms with Gasteiger partial charge in [0.1, 0.15) is 0 Å². The van der Waals surface area contributed by atoms with Crippen molar-refractivity contribution in [2.24, 2.45) is 0 Å². The Kier molecular flexibility index (Phi) is 5.34. The van der Waals surface area contributed by atoms with Gasteiger partial charge in [0.25, 0.3) is 0 Å². The number of carboxylic acids is 3. The predicted octanol–water partition coefficient (Wildman–Crippen LogP) is 3.29. The van der Waals surface area contributed by atoms with Gasteiger partial charge in [0.2, 0.25) is 0 Å². The van der Waals surface area contributed by atoms with Crippen molar-refractivity contribution in [1.82, 2.24) is 0 Å². The fraction of sp³-hybridized carbons (Fsp3) is 0.105. The third kappa shape index (κ3) is 3.74. The van der Waals surface area contributed by atoms with Crippen LogP contribution in [0, 0.1) is 0 Å². The number of carbonyl (C=O) groups is 3. The second-order valence-corrected chi connectivity index (χ2v) is 5.40. The van der Waals surface area contributed by atoms with Crippen LogP contribution in [0.3, 0.4) is 0 Å². The molecule has 0 radical (unpaired) electrons. The number of benzene rings is 2. The molecule has 0 aliphatic carbocycles. The maximum absolute atomic E-state index is 11.7. The van der Waals surface area contributed by atoms with Crippen molar-refractivity contribution in [2.75, 3.05) is 0 Å². The summed E-state index contributed by atoms with van der Waals surface area (Å²) >= 11 is 0. The van der Waals surface area contributed by atoms with Crippen LogP contribution in [0.5, 0.6) is 0 Å².